The van der Waals surface area contributed by atoms with Crippen molar-refractivity contribution in [1.29, 1.82) is 0 Å². The van der Waals surface area contributed by atoms with Crippen molar-refractivity contribution in [2.45, 2.75) is 20.1 Å². The average molecular weight is 435 g/mol. The van der Waals surface area contributed by atoms with Crippen LogP contribution in [0, 0.1) is 6.92 Å². The molecule has 8 heteroatoms. The maximum absolute atomic E-state index is 12.4. The van der Waals surface area contributed by atoms with Crippen molar-refractivity contribution in [3.05, 3.63) is 94.3 Å². The van der Waals surface area contributed by atoms with Crippen LogP contribution in [0.15, 0.2) is 71.8 Å². The summed E-state index contributed by atoms with van der Waals surface area (Å²) in [6.07, 6.45) is -0.712. The molecule has 1 aliphatic heterocycles. The minimum Gasteiger partial charge on any atom is -0.445 e. The van der Waals surface area contributed by atoms with Gasteiger partial charge in [-0.1, -0.05) is 29.8 Å². The summed E-state index contributed by atoms with van der Waals surface area (Å²) in [6.45, 7) is 3.30. The monoisotopic (exact) mass is 434 g/mol. The number of hydrazone groups is 1. The van der Waals surface area contributed by atoms with Gasteiger partial charge in [-0.3, -0.25) is 9.59 Å². The number of aromatic nitrogens is 1. The summed E-state index contributed by atoms with van der Waals surface area (Å²) in [5.41, 5.74) is 3.20. The maximum Gasteiger partial charge on any atom is 0.259 e. The highest BCUT2D eigenvalue weighted by Gasteiger charge is 2.33. The van der Waals surface area contributed by atoms with E-state index in [4.69, 9.17) is 16.3 Å². The predicted molar refractivity (Wildman–Crippen MR) is 118 cm³/mol. The number of carbonyl (C=O) groups excluding carboxylic acids is 2. The number of amides is 2. The van der Waals surface area contributed by atoms with Crippen LogP contribution in [-0.2, 0) is 9.53 Å². The van der Waals surface area contributed by atoms with Crippen LogP contribution in [0.1, 0.15) is 40.5 Å². The number of carbonyl (C=O) groups is 2. The Morgan fingerprint density at radius 1 is 1.03 bits per heavy atom. The molecule has 4 rings (SSSR count). The second-order valence-corrected chi connectivity index (χ2v) is 7.42. The van der Waals surface area contributed by atoms with Gasteiger partial charge in [0.1, 0.15) is 5.69 Å². The number of halogens is 1. The molecule has 0 saturated carbocycles. The summed E-state index contributed by atoms with van der Waals surface area (Å²) < 4.78 is 5.96. The third kappa shape index (κ3) is 4.57. The number of rotatable bonds is 4. The van der Waals surface area contributed by atoms with Crippen molar-refractivity contribution in [3.63, 3.8) is 0 Å². The predicted octanol–water partition coefficient (Wildman–Crippen LogP) is 4.53. The van der Waals surface area contributed by atoms with Gasteiger partial charge in [-0.25, -0.2) is 4.98 Å². The highest BCUT2D eigenvalue weighted by Crippen LogP contribution is 2.30. The van der Waals surface area contributed by atoms with Crippen LogP contribution in [0.5, 0.6) is 0 Å². The summed E-state index contributed by atoms with van der Waals surface area (Å²) in [7, 11) is 0. The molecule has 31 heavy (non-hydrogen) atoms. The third-order valence-corrected chi connectivity index (χ3v) is 4.89. The summed E-state index contributed by atoms with van der Waals surface area (Å²) in [5, 5.41) is 8.98. The second-order valence-electron chi connectivity index (χ2n) is 6.99. The van der Waals surface area contributed by atoms with E-state index in [1.54, 1.807) is 54.6 Å². The molecule has 0 aliphatic carbocycles. The lowest BCUT2D eigenvalue weighted by atomic mass is 10.1. The lowest BCUT2D eigenvalue weighted by Gasteiger charge is -2.19. The number of hydrogen-bond donors (Lipinski definition) is 1. The molecular weight excluding hydrogens is 416 g/mol. The van der Waals surface area contributed by atoms with Crippen LogP contribution < -0.4 is 5.32 Å². The number of benzene rings is 2. The molecule has 0 fully saturated rings. The largest absolute Gasteiger partial charge is 0.445 e. The molecule has 156 valence electrons. The Balaban J connectivity index is 1.51. The fourth-order valence-corrected chi connectivity index (χ4v) is 3.21. The number of ether oxygens (including phenoxy) is 1. The minimum atomic E-state index is -0.712. The van der Waals surface area contributed by atoms with Crippen molar-refractivity contribution < 1.29 is 14.3 Å². The topological polar surface area (TPSA) is 83.9 Å². The van der Waals surface area contributed by atoms with Gasteiger partial charge in [0.2, 0.25) is 12.1 Å². The minimum absolute atomic E-state index is 0.247. The van der Waals surface area contributed by atoms with Gasteiger partial charge in [0.15, 0.2) is 0 Å². The number of aryl methyl sites for hydroxylation is 1. The van der Waals surface area contributed by atoms with Gasteiger partial charge in [0.05, 0.1) is 0 Å². The average Bonchev–Trinajstić information content (AvgIpc) is 3.21. The fourth-order valence-electron chi connectivity index (χ4n) is 3.08. The highest BCUT2D eigenvalue weighted by atomic mass is 35.5. The molecule has 0 bridgehead atoms. The zero-order valence-corrected chi connectivity index (χ0v) is 17.6. The van der Waals surface area contributed by atoms with Crippen LogP contribution >= 0.6 is 11.6 Å². The van der Waals surface area contributed by atoms with Crippen LogP contribution in [0.4, 0.5) is 5.69 Å². The lowest BCUT2D eigenvalue weighted by Crippen LogP contribution is -2.25. The Morgan fingerprint density at radius 2 is 1.74 bits per heavy atom. The van der Waals surface area contributed by atoms with Gasteiger partial charge < -0.3 is 10.1 Å². The van der Waals surface area contributed by atoms with Gasteiger partial charge in [-0.2, -0.15) is 5.01 Å². The van der Waals surface area contributed by atoms with E-state index in [0.717, 1.165) is 5.69 Å². The fraction of sp³-hybridized carbons (Fsp3) is 0.130. The van der Waals surface area contributed by atoms with E-state index in [-0.39, 0.29) is 17.7 Å². The summed E-state index contributed by atoms with van der Waals surface area (Å²) in [4.78, 5) is 28.9. The van der Waals surface area contributed by atoms with E-state index in [1.807, 2.05) is 19.1 Å². The molecule has 0 radical (unpaired) electrons. The van der Waals surface area contributed by atoms with E-state index in [0.29, 0.717) is 27.5 Å². The molecule has 2 heterocycles. The van der Waals surface area contributed by atoms with Crippen LogP contribution in [0.3, 0.4) is 0 Å². The molecule has 1 N–H and O–H groups in total. The summed E-state index contributed by atoms with van der Waals surface area (Å²) >= 11 is 5.86. The molecule has 1 aliphatic rings. The normalized spacial score (nSPS) is 15.3. The lowest BCUT2D eigenvalue weighted by molar-refractivity contribution is -0.135. The van der Waals surface area contributed by atoms with Crippen LogP contribution in [0.2, 0.25) is 5.02 Å². The molecule has 0 saturated heterocycles. The second kappa shape index (κ2) is 8.57. The Labute approximate surface area is 184 Å². The standard InChI is InChI=1S/C23H19ClN4O3/c1-14-4-3-5-20(25-14)22-27-28(15(2)29)23(31-22)17-8-12-19(13-9-17)26-21(30)16-6-10-18(24)11-7-16/h3-13,23H,1-2H3,(H,26,30)/t23-/m0/s1. The molecular formula is C23H19ClN4O3. The molecule has 0 spiro atoms. The molecule has 2 aromatic carbocycles. The van der Waals surface area contributed by atoms with Crippen LogP contribution in [-0.4, -0.2) is 27.7 Å². The molecule has 0 unspecified atom stereocenters. The zero-order valence-electron chi connectivity index (χ0n) is 16.9. The molecule has 3 aromatic rings. The quantitative estimate of drug-likeness (QED) is 0.653. The molecule has 7 nitrogen and oxygen atoms in total. The Bertz CT molecular complexity index is 1160. The molecule has 1 aromatic heterocycles. The van der Waals surface area contributed by atoms with Crippen molar-refractivity contribution in [2.75, 3.05) is 5.32 Å². The Morgan fingerprint density at radius 3 is 2.39 bits per heavy atom. The zero-order chi connectivity index (χ0) is 22.0. The number of hydrogen-bond acceptors (Lipinski definition) is 5. The first-order valence-electron chi connectivity index (χ1n) is 9.57. The highest BCUT2D eigenvalue weighted by molar-refractivity contribution is 6.30. The van der Waals surface area contributed by atoms with Crippen molar-refractivity contribution in [2.24, 2.45) is 5.10 Å². The van der Waals surface area contributed by atoms with Crippen molar-refractivity contribution in [3.8, 4) is 0 Å². The first kappa shape index (κ1) is 20.6. The van der Waals surface area contributed by atoms with Gasteiger partial charge in [-0.15, -0.1) is 5.10 Å². The van der Waals surface area contributed by atoms with Crippen molar-refractivity contribution in [1.82, 2.24) is 9.99 Å². The number of anilines is 1. The maximum atomic E-state index is 12.4. The number of nitrogens with zero attached hydrogens (tertiary/aromatic N) is 3. The molecule has 1 atom stereocenters. The van der Waals surface area contributed by atoms with Crippen molar-refractivity contribution >= 4 is 35.0 Å². The van der Waals surface area contributed by atoms with Gasteiger partial charge in [-0.05, 0) is 55.5 Å². The molecule has 2 amide bonds. The van der Waals surface area contributed by atoms with Crippen LogP contribution in [0.25, 0.3) is 0 Å². The van der Waals surface area contributed by atoms with Gasteiger partial charge >= 0.3 is 0 Å². The Hall–Kier alpha value is -3.71. The SMILES string of the molecule is CC(=O)N1N=C(c2cccc(C)n2)O[C@H]1c1ccc(NC(=O)c2ccc(Cl)cc2)cc1. The first-order valence-corrected chi connectivity index (χ1v) is 9.94. The van der Waals surface area contributed by atoms with Gasteiger partial charge in [0.25, 0.3) is 11.8 Å². The smallest absolute Gasteiger partial charge is 0.259 e. The summed E-state index contributed by atoms with van der Waals surface area (Å²) in [5.74, 6) is -0.222. The van der Waals surface area contributed by atoms with Gasteiger partial charge in [0, 0.05) is 34.5 Å². The van der Waals surface area contributed by atoms with E-state index < -0.39 is 6.23 Å². The van der Waals surface area contributed by atoms with E-state index >= 15 is 0 Å². The number of nitrogens with one attached hydrogen (secondary N) is 1. The van der Waals surface area contributed by atoms with E-state index in [9.17, 15) is 9.59 Å². The van der Waals surface area contributed by atoms with E-state index in [1.165, 1.54) is 11.9 Å². The summed E-state index contributed by atoms with van der Waals surface area (Å²) in [6, 6.07) is 19.2. The first-order chi connectivity index (χ1) is 14.9. The number of pyridine rings is 1. The van der Waals surface area contributed by atoms with E-state index in [2.05, 4.69) is 15.4 Å². The third-order valence-electron chi connectivity index (χ3n) is 4.63. The Kier molecular flexibility index (Phi) is 5.68.